The Bertz CT molecular complexity index is 955. The zero-order chi connectivity index (χ0) is 22.5. The highest BCUT2D eigenvalue weighted by Gasteiger charge is 2.27. The standard InChI is InChI=1S/C23H28N4O5/c1-31-19-7-2-16(3-8-19)22(26-10-12-32-13-11-26)15-24-23(28)17-4-9-20(25-18-5-6-18)21(14-17)27(29)30/h2-4,7-9,14,18,22,25H,5-6,10-13,15H2,1H3,(H,24,28). The topological polar surface area (TPSA) is 106 Å². The van der Waals surface area contributed by atoms with Gasteiger partial charge in [0.1, 0.15) is 11.4 Å². The molecule has 2 aromatic rings. The molecule has 1 unspecified atom stereocenters. The van der Waals surface area contributed by atoms with Gasteiger partial charge < -0.3 is 20.1 Å². The van der Waals surface area contributed by atoms with Crippen molar-refractivity contribution < 1.29 is 19.2 Å². The lowest BCUT2D eigenvalue weighted by molar-refractivity contribution is -0.384. The molecule has 0 bridgehead atoms. The second kappa shape index (κ2) is 9.97. The highest BCUT2D eigenvalue weighted by atomic mass is 16.6. The van der Waals surface area contributed by atoms with Gasteiger partial charge in [0, 0.05) is 37.3 Å². The van der Waals surface area contributed by atoms with E-state index < -0.39 is 4.92 Å². The number of ether oxygens (including phenoxy) is 2. The van der Waals surface area contributed by atoms with Crippen LogP contribution in [0.15, 0.2) is 42.5 Å². The summed E-state index contributed by atoms with van der Waals surface area (Å²) in [6.45, 7) is 3.19. The number of morpholine rings is 1. The molecule has 2 N–H and O–H groups in total. The Labute approximate surface area is 186 Å². The molecule has 1 saturated carbocycles. The zero-order valence-electron chi connectivity index (χ0n) is 18.1. The number of nitro groups is 1. The van der Waals surface area contributed by atoms with E-state index >= 15 is 0 Å². The van der Waals surface area contributed by atoms with Gasteiger partial charge in [0.15, 0.2) is 0 Å². The molecule has 1 heterocycles. The fourth-order valence-corrected chi connectivity index (χ4v) is 3.86. The largest absolute Gasteiger partial charge is 0.497 e. The van der Waals surface area contributed by atoms with Gasteiger partial charge in [-0.05, 0) is 42.7 Å². The van der Waals surface area contributed by atoms with E-state index in [9.17, 15) is 14.9 Å². The smallest absolute Gasteiger partial charge is 0.293 e. The number of nitro benzene ring substituents is 1. The first kappa shape index (κ1) is 22.0. The first-order valence-corrected chi connectivity index (χ1v) is 10.8. The predicted molar refractivity (Wildman–Crippen MR) is 120 cm³/mol. The van der Waals surface area contributed by atoms with Crippen molar-refractivity contribution in [3.05, 3.63) is 63.7 Å². The molecule has 1 atom stereocenters. The second-order valence-corrected chi connectivity index (χ2v) is 8.05. The van der Waals surface area contributed by atoms with Gasteiger partial charge in [-0.3, -0.25) is 19.8 Å². The second-order valence-electron chi connectivity index (χ2n) is 8.05. The fourth-order valence-electron chi connectivity index (χ4n) is 3.86. The maximum absolute atomic E-state index is 12.9. The summed E-state index contributed by atoms with van der Waals surface area (Å²) in [5.74, 6) is 0.434. The Hall–Kier alpha value is -3.17. The van der Waals surface area contributed by atoms with Crippen molar-refractivity contribution in [1.82, 2.24) is 10.2 Å². The minimum Gasteiger partial charge on any atom is -0.497 e. The molecule has 2 aromatic carbocycles. The normalized spacial score (nSPS) is 17.4. The van der Waals surface area contributed by atoms with E-state index in [0.29, 0.717) is 25.4 Å². The van der Waals surface area contributed by atoms with Crippen LogP contribution in [0, 0.1) is 10.1 Å². The number of carbonyl (C=O) groups excluding carboxylic acids is 1. The number of benzene rings is 2. The summed E-state index contributed by atoms with van der Waals surface area (Å²) in [5, 5.41) is 17.6. The van der Waals surface area contributed by atoms with Crippen molar-refractivity contribution >= 4 is 17.3 Å². The predicted octanol–water partition coefficient (Wildman–Crippen LogP) is 2.98. The number of carbonyl (C=O) groups is 1. The Balaban J connectivity index is 1.48. The molecule has 1 aliphatic heterocycles. The monoisotopic (exact) mass is 440 g/mol. The molecule has 9 nitrogen and oxygen atoms in total. The van der Waals surface area contributed by atoms with E-state index in [2.05, 4.69) is 15.5 Å². The van der Waals surface area contributed by atoms with Crippen molar-refractivity contribution in [1.29, 1.82) is 0 Å². The van der Waals surface area contributed by atoms with Gasteiger partial charge in [-0.25, -0.2) is 0 Å². The van der Waals surface area contributed by atoms with Crippen molar-refractivity contribution in [3.63, 3.8) is 0 Å². The number of nitrogens with one attached hydrogen (secondary N) is 2. The Morgan fingerprint density at radius 2 is 1.94 bits per heavy atom. The van der Waals surface area contributed by atoms with Gasteiger partial charge in [-0.15, -0.1) is 0 Å². The van der Waals surface area contributed by atoms with Gasteiger partial charge in [-0.2, -0.15) is 0 Å². The average molecular weight is 441 g/mol. The van der Waals surface area contributed by atoms with E-state index in [-0.39, 0.29) is 29.2 Å². The molecule has 2 aliphatic rings. The molecule has 0 aromatic heterocycles. The highest BCUT2D eigenvalue weighted by molar-refractivity contribution is 5.95. The Morgan fingerprint density at radius 3 is 2.56 bits per heavy atom. The van der Waals surface area contributed by atoms with Crippen LogP contribution in [0.1, 0.15) is 34.8 Å². The summed E-state index contributed by atoms with van der Waals surface area (Å²) in [5.41, 5.74) is 1.71. The molecule has 2 fully saturated rings. The molecular weight excluding hydrogens is 412 g/mol. The highest BCUT2D eigenvalue weighted by Crippen LogP contribution is 2.31. The lowest BCUT2D eigenvalue weighted by Crippen LogP contribution is -2.43. The molecule has 4 rings (SSSR count). The van der Waals surface area contributed by atoms with Crippen LogP contribution < -0.4 is 15.4 Å². The minimum atomic E-state index is -0.449. The summed E-state index contributed by atoms with van der Waals surface area (Å²) < 4.78 is 10.7. The molecule has 32 heavy (non-hydrogen) atoms. The van der Waals surface area contributed by atoms with Gasteiger partial charge in [-0.1, -0.05) is 12.1 Å². The minimum absolute atomic E-state index is 0.0421. The Kier molecular flexibility index (Phi) is 6.87. The van der Waals surface area contributed by atoms with Gasteiger partial charge >= 0.3 is 0 Å². The SMILES string of the molecule is COc1ccc(C(CNC(=O)c2ccc(NC3CC3)c([N+](=O)[O-])c2)N2CCOCC2)cc1. The molecule has 1 amide bonds. The van der Waals surface area contributed by atoms with E-state index in [1.807, 2.05) is 24.3 Å². The number of anilines is 1. The third-order valence-electron chi connectivity index (χ3n) is 5.84. The van der Waals surface area contributed by atoms with Crippen LogP contribution in [0.3, 0.4) is 0 Å². The van der Waals surface area contributed by atoms with Crippen molar-refractivity contribution in [2.45, 2.75) is 24.9 Å². The molecule has 0 spiro atoms. The zero-order valence-corrected chi connectivity index (χ0v) is 18.1. The molecule has 9 heteroatoms. The fraction of sp³-hybridized carbons (Fsp3) is 0.435. The molecule has 0 radical (unpaired) electrons. The van der Waals surface area contributed by atoms with Crippen LogP contribution in [0.4, 0.5) is 11.4 Å². The quantitative estimate of drug-likeness (QED) is 0.456. The number of amides is 1. The van der Waals surface area contributed by atoms with Crippen LogP contribution in [0.25, 0.3) is 0 Å². The summed E-state index contributed by atoms with van der Waals surface area (Å²) in [6, 6.07) is 12.6. The lowest BCUT2D eigenvalue weighted by Gasteiger charge is -2.35. The summed E-state index contributed by atoms with van der Waals surface area (Å²) >= 11 is 0. The first-order valence-electron chi connectivity index (χ1n) is 10.8. The van der Waals surface area contributed by atoms with E-state index in [1.165, 1.54) is 6.07 Å². The van der Waals surface area contributed by atoms with E-state index in [4.69, 9.17) is 9.47 Å². The summed E-state index contributed by atoms with van der Waals surface area (Å²) in [6.07, 6.45) is 2.02. The third-order valence-corrected chi connectivity index (χ3v) is 5.84. The van der Waals surface area contributed by atoms with Crippen LogP contribution in [-0.2, 0) is 4.74 Å². The average Bonchev–Trinajstić information content (AvgIpc) is 3.64. The van der Waals surface area contributed by atoms with Crippen molar-refractivity contribution in [3.8, 4) is 5.75 Å². The number of methoxy groups -OCH3 is 1. The first-order chi connectivity index (χ1) is 15.5. The van der Waals surface area contributed by atoms with Crippen LogP contribution in [0.2, 0.25) is 0 Å². The molecule has 1 aliphatic carbocycles. The van der Waals surface area contributed by atoms with Crippen LogP contribution >= 0.6 is 0 Å². The van der Waals surface area contributed by atoms with Gasteiger partial charge in [0.05, 0.1) is 31.3 Å². The van der Waals surface area contributed by atoms with Crippen LogP contribution in [-0.4, -0.2) is 61.7 Å². The molecular formula is C23H28N4O5. The maximum atomic E-state index is 12.9. The van der Waals surface area contributed by atoms with Crippen molar-refractivity contribution in [2.75, 3.05) is 45.3 Å². The van der Waals surface area contributed by atoms with Crippen molar-refractivity contribution in [2.24, 2.45) is 0 Å². The number of hydrogen-bond donors (Lipinski definition) is 2. The number of nitrogens with zero attached hydrogens (tertiary/aromatic N) is 2. The van der Waals surface area contributed by atoms with E-state index in [1.54, 1.807) is 19.2 Å². The third kappa shape index (κ3) is 5.35. The summed E-state index contributed by atoms with van der Waals surface area (Å²) in [7, 11) is 1.62. The Morgan fingerprint density at radius 1 is 1.22 bits per heavy atom. The summed E-state index contributed by atoms with van der Waals surface area (Å²) in [4.78, 5) is 26.2. The number of hydrogen-bond acceptors (Lipinski definition) is 7. The van der Waals surface area contributed by atoms with Gasteiger partial charge in [0.25, 0.3) is 11.6 Å². The van der Waals surface area contributed by atoms with Crippen LogP contribution in [0.5, 0.6) is 5.75 Å². The maximum Gasteiger partial charge on any atom is 0.293 e. The molecule has 170 valence electrons. The number of rotatable bonds is 9. The van der Waals surface area contributed by atoms with Gasteiger partial charge in [0.2, 0.25) is 0 Å². The molecule has 1 saturated heterocycles. The lowest BCUT2D eigenvalue weighted by atomic mass is 10.0. The van der Waals surface area contributed by atoms with E-state index in [0.717, 1.165) is 37.2 Å².